The Kier molecular flexibility index (Phi) is 7.53. The van der Waals surface area contributed by atoms with Gasteiger partial charge >= 0.3 is 0 Å². The molecule has 1 fully saturated rings. The highest BCUT2D eigenvalue weighted by atomic mass is 35.5. The SMILES string of the molecule is CC1CCN(c2ccc(NC(=O)c3ccc(Cl)cc3)cc2C(=O)NC(C)c2ccccc2)CC1. The van der Waals surface area contributed by atoms with E-state index in [1.807, 2.05) is 49.4 Å². The Morgan fingerprint density at radius 2 is 1.62 bits per heavy atom. The molecule has 1 aliphatic rings. The fraction of sp³-hybridized carbons (Fsp3) is 0.286. The molecule has 5 nitrogen and oxygen atoms in total. The summed E-state index contributed by atoms with van der Waals surface area (Å²) in [6, 6.07) is 22.0. The van der Waals surface area contributed by atoms with Gasteiger partial charge in [0.1, 0.15) is 0 Å². The van der Waals surface area contributed by atoms with Crippen LogP contribution >= 0.6 is 11.6 Å². The second-order valence-electron chi connectivity index (χ2n) is 8.97. The van der Waals surface area contributed by atoms with E-state index in [9.17, 15) is 9.59 Å². The number of benzene rings is 3. The normalized spacial score (nSPS) is 15.0. The van der Waals surface area contributed by atoms with Crippen molar-refractivity contribution in [2.75, 3.05) is 23.3 Å². The maximum atomic E-state index is 13.4. The predicted molar refractivity (Wildman–Crippen MR) is 139 cm³/mol. The first-order valence-electron chi connectivity index (χ1n) is 11.7. The van der Waals surface area contributed by atoms with Crippen molar-refractivity contribution in [1.82, 2.24) is 5.32 Å². The Morgan fingerprint density at radius 1 is 0.941 bits per heavy atom. The second kappa shape index (κ2) is 10.7. The standard InChI is InChI=1S/C28H30ClN3O2/c1-19-14-16-32(17-15-19)26-13-12-24(31-27(33)22-8-10-23(29)11-9-22)18-25(26)28(34)30-20(2)21-6-4-3-5-7-21/h3-13,18-20H,14-17H2,1-2H3,(H,30,34)(H,31,33). The number of hydrogen-bond acceptors (Lipinski definition) is 3. The van der Waals surface area contributed by atoms with Crippen molar-refractivity contribution in [2.45, 2.75) is 32.7 Å². The van der Waals surface area contributed by atoms with Crippen LogP contribution in [0.1, 0.15) is 59.0 Å². The lowest BCUT2D eigenvalue weighted by Gasteiger charge is -2.33. The zero-order valence-corrected chi connectivity index (χ0v) is 20.3. The van der Waals surface area contributed by atoms with Crippen molar-refractivity contribution in [3.05, 3.63) is 94.5 Å². The van der Waals surface area contributed by atoms with Gasteiger partial charge in [-0.15, -0.1) is 0 Å². The Labute approximate surface area is 206 Å². The van der Waals surface area contributed by atoms with Crippen LogP contribution in [0.15, 0.2) is 72.8 Å². The first-order valence-corrected chi connectivity index (χ1v) is 12.1. The Balaban J connectivity index is 1.59. The van der Waals surface area contributed by atoms with Gasteiger partial charge in [0.05, 0.1) is 11.6 Å². The smallest absolute Gasteiger partial charge is 0.255 e. The van der Waals surface area contributed by atoms with E-state index in [1.54, 1.807) is 30.3 Å². The molecule has 0 radical (unpaired) electrons. The van der Waals surface area contributed by atoms with Gasteiger partial charge in [0.25, 0.3) is 11.8 Å². The number of amides is 2. The summed E-state index contributed by atoms with van der Waals surface area (Å²) in [7, 11) is 0. The van der Waals surface area contributed by atoms with E-state index < -0.39 is 0 Å². The molecule has 1 atom stereocenters. The van der Waals surface area contributed by atoms with E-state index >= 15 is 0 Å². The van der Waals surface area contributed by atoms with Crippen molar-refractivity contribution in [3.8, 4) is 0 Å². The van der Waals surface area contributed by atoms with Crippen LogP contribution in [-0.2, 0) is 0 Å². The number of rotatable bonds is 6. The van der Waals surface area contributed by atoms with Crippen molar-refractivity contribution < 1.29 is 9.59 Å². The summed E-state index contributed by atoms with van der Waals surface area (Å²) < 4.78 is 0. The highest BCUT2D eigenvalue weighted by Crippen LogP contribution is 2.29. The summed E-state index contributed by atoms with van der Waals surface area (Å²) in [6.07, 6.45) is 2.19. The molecular formula is C28H30ClN3O2. The molecule has 3 aromatic carbocycles. The molecule has 4 rings (SSSR count). The van der Waals surface area contributed by atoms with Crippen molar-refractivity contribution in [3.63, 3.8) is 0 Å². The maximum Gasteiger partial charge on any atom is 0.255 e. The van der Waals surface area contributed by atoms with Gasteiger partial charge in [0.2, 0.25) is 0 Å². The number of carbonyl (C=O) groups is 2. The molecule has 0 aliphatic carbocycles. The average Bonchev–Trinajstić information content (AvgIpc) is 2.85. The molecule has 176 valence electrons. The molecule has 0 spiro atoms. The van der Waals surface area contributed by atoms with Crippen LogP contribution in [-0.4, -0.2) is 24.9 Å². The molecule has 1 saturated heterocycles. The molecule has 0 saturated carbocycles. The third-order valence-corrected chi connectivity index (χ3v) is 6.63. The van der Waals surface area contributed by atoms with Gasteiger partial charge in [0, 0.05) is 35.1 Å². The van der Waals surface area contributed by atoms with Gasteiger partial charge in [-0.3, -0.25) is 9.59 Å². The average molecular weight is 476 g/mol. The molecule has 1 aliphatic heterocycles. The van der Waals surface area contributed by atoms with Gasteiger partial charge in [0.15, 0.2) is 0 Å². The third-order valence-electron chi connectivity index (χ3n) is 6.38. The molecule has 1 unspecified atom stereocenters. The number of hydrogen-bond donors (Lipinski definition) is 2. The highest BCUT2D eigenvalue weighted by Gasteiger charge is 2.23. The van der Waals surface area contributed by atoms with Gasteiger partial charge in [-0.25, -0.2) is 0 Å². The predicted octanol–water partition coefficient (Wildman–Crippen LogP) is 6.32. The van der Waals surface area contributed by atoms with Gasteiger partial charge < -0.3 is 15.5 Å². The van der Waals surface area contributed by atoms with Crippen LogP contribution in [0.3, 0.4) is 0 Å². The number of nitrogens with one attached hydrogen (secondary N) is 2. The van der Waals surface area contributed by atoms with Crippen molar-refractivity contribution >= 4 is 34.8 Å². The van der Waals surface area contributed by atoms with Crippen LogP contribution < -0.4 is 15.5 Å². The lowest BCUT2D eigenvalue weighted by molar-refractivity contribution is 0.0939. The number of carbonyl (C=O) groups excluding carboxylic acids is 2. The Morgan fingerprint density at radius 3 is 2.29 bits per heavy atom. The largest absolute Gasteiger partial charge is 0.371 e. The molecule has 1 heterocycles. The summed E-state index contributed by atoms with van der Waals surface area (Å²) in [4.78, 5) is 28.4. The summed E-state index contributed by atoms with van der Waals surface area (Å²) in [6.45, 7) is 6.06. The summed E-state index contributed by atoms with van der Waals surface area (Å²) in [5.74, 6) is 0.275. The van der Waals surface area contributed by atoms with Gasteiger partial charge in [-0.2, -0.15) is 0 Å². The molecule has 34 heavy (non-hydrogen) atoms. The van der Waals surface area contributed by atoms with E-state index in [1.165, 1.54) is 0 Å². The first kappa shape index (κ1) is 23.8. The molecule has 0 aromatic heterocycles. The van der Waals surface area contributed by atoms with E-state index in [4.69, 9.17) is 11.6 Å². The Hall–Kier alpha value is -3.31. The maximum absolute atomic E-state index is 13.4. The monoisotopic (exact) mass is 475 g/mol. The second-order valence-corrected chi connectivity index (χ2v) is 9.40. The van der Waals surface area contributed by atoms with Crippen LogP contribution in [0, 0.1) is 5.92 Å². The first-order chi connectivity index (χ1) is 16.4. The third kappa shape index (κ3) is 5.78. The fourth-order valence-electron chi connectivity index (χ4n) is 4.22. The topological polar surface area (TPSA) is 61.4 Å². The molecule has 3 aromatic rings. The molecule has 0 bridgehead atoms. The highest BCUT2D eigenvalue weighted by molar-refractivity contribution is 6.30. The molecule has 2 N–H and O–H groups in total. The van der Waals surface area contributed by atoms with E-state index in [0.717, 1.165) is 37.2 Å². The van der Waals surface area contributed by atoms with Crippen molar-refractivity contribution in [1.29, 1.82) is 0 Å². The summed E-state index contributed by atoms with van der Waals surface area (Å²) in [5, 5.41) is 6.61. The number of nitrogens with zero attached hydrogens (tertiary/aromatic N) is 1. The molecule has 6 heteroatoms. The number of piperidine rings is 1. The van der Waals surface area contributed by atoms with Crippen LogP contribution in [0.2, 0.25) is 5.02 Å². The van der Waals surface area contributed by atoms with E-state index in [0.29, 0.717) is 27.8 Å². The van der Waals surface area contributed by atoms with Gasteiger partial charge in [-0.05, 0) is 73.7 Å². The van der Waals surface area contributed by atoms with Crippen LogP contribution in [0.5, 0.6) is 0 Å². The van der Waals surface area contributed by atoms with E-state index in [-0.39, 0.29) is 17.9 Å². The minimum Gasteiger partial charge on any atom is -0.371 e. The minimum atomic E-state index is -0.250. The zero-order chi connectivity index (χ0) is 24.1. The molecular weight excluding hydrogens is 446 g/mol. The van der Waals surface area contributed by atoms with Crippen LogP contribution in [0.4, 0.5) is 11.4 Å². The van der Waals surface area contributed by atoms with Gasteiger partial charge in [-0.1, -0.05) is 48.9 Å². The lowest BCUT2D eigenvalue weighted by Crippen LogP contribution is -2.35. The summed E-state index contributed by atoms with van der Waals surface area (Å²) in [5.41, 5.74) is 3.57. The zero-order valence-electron chi connectivity index (χ0n) is 19.6. The molecule has 2 amide bonds. The number of anilines is 2. The lowest BCUT2D eigenvalue weighted by atomic mass is 9.97. The van der Waals surface area contributed by atoms with E-state index in [2.05, 4.69) is 22.5 Å². The van der Waals surface area contributed by atoms with Crippen molar-refractivity contribution in [2.24, 2.45) is 5.92 Å². The Bertz CT molecular complexity index is 1140. The summed E-state index contributed by atoms with van der Waals surface area (Å²) >= 11 is 5.94. The quantitative estimate of drug-likeness (QED) is 0.438. The fourth-order valence-corrected chi connectivity index (χ4v) is 4.35. The number of halogens is 1. The minimum absolute atomic E-state index is 0.143. The van der Waals surface area contributed by atoms with Crippen LogP contribution in [0.25, 0.3) is 0 Å².